The van der Waals surface area contributed by atoms with Crippen LogP contribution in [0.25, 0.3) is 11.3 Å². The first kappa shape index (κ1) is 23.9. The molecule has 0 aliphatic heterocycles. The van der Waals surface area contributed by atoms with E-state index in [4.69, 9.17) is 9.47 Å². The number of esters is 2. The molecule has 9 heteroatoms. The van der Waals surface area contributed by atoms with Crippen LogP contribution in [-0.2, 0) is 36.5 Å². The summed E-state index contributed by atoms with van der Waals surface area (Å²) >= 11 is 0. The molecule has 0 atom stereocenters. The number of hydrogen-bond donors (Lipinski definition) is 1. The van der Waals surface area contributed by atoms with Crippen LogP contribution in [0.5, 0.6) is 0 Å². The first-order valence-corrected chi connectivity index (χ1v) is 11.7. The number of hydrogen-bond acceptors (Lipinski definition) is 7. The number of aromatic nitrogens is 1. The van der Waals surface area contributed by atoms with E-state index in [-0.39, 0.29) is 23.2 Å². The highest BCUT2D eigenvalue weighted by Crippen LogP contribution is 2.24. The SMILES string of the molecule is COC(=O)Cc1cc(C)ccc1NS(=O)(=O)Cc1cc(-c2ccccc2)ncc1C(=O)OC. The van der Waals surface area contributed by atoms with Gasteiger partial charge in [0.2, 0.25) is 10.0 Å². The number of nitrogens with zero attached hydrogens (tertiary/aromatic N) is 1. The number of carbonyl (C=O) groups excluding carboxylic acids is 2. The van der Waals surface area contributed by atoms with E-state index in [0.717, 1.165) is 11.1 Å². The first-order valence-electron chi connectivity index (χ1n) is 10.0. The standard InChI is InChI=1S/C24H24N2O6S/c1-16-9-10-21(18(11-16)13-23(27)31-2)26-33(29,30)15-19-12-22(17-7-5-4-6-8-17)25-14-20(19)24(28)32-3/h4-12,14,26H,13,15H2,1-3H3. The van der Waals surface area contributed by atoms with Crippen LogP contribution in [0.15, 0.2) is 60.8 Å². The van der Waals surface area contributed by atoms with Gasteiger partial charge in [0.05, 0.1) is 43.3 Å². The van der Waals surface area contributed by atoms with Gasteiger partial charge in [-0.05, 0) is 30.2 Å². The monoisotopic (exact) mass is 468 g/mol. The summed E-state index contributed by atoms with van der Waals surface area (Å²) in [4.78, 5) is 28.3. The number of pyridine rings is 1. The van der Waals surface area contributed by atoms with Crippen LogP contribution >= 0.6 is 0 Å². The number of benzene rings is 2. The summed E-state index contributed by atoms with van der Waals surface area (Å²) in [6.07, 6.45) is 1.23. The molecule has 1 heterocycles. The second kappa shape index (κ2) is 10.3. The minimum Gasteiger partial charge on any atom is -0.469 e. The predicted molar refractivity (Wildman–Crippen MR) is 124 cm³/mol. The van der Waals surface area contributed by atoms with E-state index in [9.17, 15) is 18.0 Å². The van der Waals surface area contributed by atoms with Gasteiger partial charge in [-0.15, -0.1) is 0 Å². The van der Waals surface area contributed by atoms with Crippen LogP contribution in [0.3, 0.4) is 0 Å². The lowest BCUT2D eigenvalue weighted by molar-refractivity contribution is -0.139. The molecule has 0 saturated carbocycles. The molecule has 0 spiro atoms. The Morgan fingerprint density at radius 2 is 1.70 bits per heavy atom. The molecule has 0 saturated heterocycles. The third kappa shape index (κ3) is 6.17. The van der Waals surface area contributed by atoms with E-state index in [1.165, 1.54) is 20.4 Å². The number of rotatable bonds is 8. The van der Waals surface area contributed by atoms with E-state index in [1.54, 1.807) is 24.3 Å². The average molecular weight is 469 g/mol. The molecule has 0 fully saturated rings. The molecule has 172 valence electrons. The maximum atomic E-state index is 13.1. The molecule has 0 unspecified atom stereocenters. The Morgan fingerprint density at radius 3 is 2.36 bits per heavy atom. The van der Waals surface area contributed by atoms with Crippen molar-refractivity contribution >= 4 is 27.6 Å². The zero-order chi connectivity index (χ0) is 24.0. The Hall–Kier alpha value is -3.72. The van der Waals surface area contributed by atoms with Gasteiger partial charge >= 0.3 is 11.9 Å². The molecule has 0 bridgehead atoms. The van der Waals surface area contributed by atoms with E-state index in [2.05, 4.69) is 9.71 Å². The highest BCUT2D eigenvalue weighted by atomic mass is 32.2. The van der Waals surface area contributed by atoms with Crippen molar-refractivity contribution in [2.24, 2.45) is 0 Å². The van der Waals surface area contributed by atoms with Crippen LogP contribution in [-0.4, -0.2) is 39.6 Å². The van der Waals surface area contributed by atoms with Gasteiger partial charge in [0.1, 0.15) is 0 Å². The Balaban J connectivity index is 1.96. The van der Waals surface area contributed by atoms with E-state index >= 15 is 0 Å². The van der Waals surface area contributed by atoms with Gasteiger partial charge in [0, 0.05) is 11.8 Å². The fraction of sp³-hybridized carbons (Fsp3) is 0.208. The number of sulfonamides is 1. The number of anilines is 1. The lowest BCUT2D eigenvalue weighted by atomic mass is 10.1. The Morgan fingerprint density at radius 1 is 0.970 bits per heavy atom. The molecule has 0 aliphatic carbocycles. The Kier molecular flexibility index (Phi) is 7.44. The van der Waals surface area contributed by atoms with Crippen molar-refractivity contribution in [2.75, 3.05) is 18.9 Å². The highest BCUT2D eigenvalue weighted by molar-refractivity contribution is 7.91. The molecule has 3 aromatic rings. The van der Waals surface area contributed by atoms with Gasteiger partial charge in [-0.3, -0.25) is 14.5 Å². The van der Waals surface area contributed by atoms with Crippen molar-refractivity contribution in [2.45, 2.75) is 19.1 Å². The van der Waals surface area contributed by atoms with Gasteiger partial charge in [-0.2, -0.15) is 0 Å². The largest absolute Gasteiger partial charge is 0.469 e. The third-order valence-corrected chi connectivity index (χ3v) is 6.12. The molecule has 8 nitrogen and oxygen atoms in total. The van der Waals surface area contributed by atoms with Crippen molar-refractivity contribution in [3.8, 4) is 11.3 Å². The van der Waals surface area contributed by atoms with Crippen molar-refractivity contribution in [1.29, 1.82) is 0 Å². The van der Waals surface area contributed by atoms with Crippen molar-refractivity contribution in [1.82, 2.24) is 4.98 Å². The zero-order valence-corrected chi connectivity index (χ0v) is 19.3. The molecule has 2 aromatic carbocycles. The predicted octanol–water partition coefficient (Wildman–Crippen LogP) is 3.50. The molecular formula is C24H24N2O6S. The van der Waals surface area contributed by atoms with Gasteiger partial charge < -0.3 is 9.47 Å². The maximum Gasteiger partial charge on any atom is 0.339 e. The summed E-state index contributed by atoms with van der Waals surface area (Å²) in [7, 11) is -1.48. The highest BCUT2D eigenvalue weighted by Gasteiger charge is 2.21. The minimum absolute atomic E-state index is 0.0567. The molecule has 0 aliphatic rings. The molecule has 1 aromatic heterocycles. The van der Waals surface area contributed by atoms with Crippen LogP contribution in [0.1, 0.15) is 27.0 Å². The lowest BCUT2D eigenvalue weighted by Gasteiger charge is -2.15. The smallest absolute Gasteiger partial charge is 0.339 e. The van der Waals surface area contributed by atoms with Crippen molar-refractivity contribution in [3.05, 3.63) is 83.0 Å². The molecule has 0 radical (unpaired) electrons. The van der Waals surface area contributed by atoms with Crippen LogP contribution in [0, 0.1) is 6.92 Å². The van der Waals surface area contributed by atoms with E-state index < -0.39 is 27.7 Å². The van der Waals surface area contributed by atoms with E-state index in [0.29, 0.717) is 11.3 Å². The van der Waals surface area contributed by atoms with Crippen molar-refractivity contribution < 1.29 is 27.5 Å². The van der Waals surface area contributed by atoms with Gasteiger partial charge in [-0.1, -0.05) is 48.0 Å². The van der Waals surface area contributed by atoms with Crippen molar-refractivity contribution in [3.63, 3.8) is 0 Å². The molecular weight excluding hydrogens is 444 g/mol. The molecule has 33 heavy (non-hydrogen) atoms. The number of ether oxygens (including phenoxy) is 2. The maximum absolute atomic E-state index is 13.1. The quantitative estimate of drug-likeness (QED) is 0.504. The van der Waals surface area contributed by atoms with Crippen LogP contribution in [0.4, 0.5) is 5.69 Å². The number of carbonyl (C=O) groups is 2. The summed E-state index contributed by atoms with van der Waals surface area (Å²) in [5, 5.41) is 0. The molecule has 1 N–H and O–H groups in total. The Bertz CT molecular complexity index is 1270. The third-order valence-electron chi connectivity index (χ3n) is 4.90. The topological polar surface area (TPSA) is 112 Å². The lowest BCUT2D eigenvalue weighted by Crippen LogP contribution is -2.19. The fourth-order valence-electron chi connectivity index (χ4n) is 3.28. The zero-order valence-electron chi connectivity index (χ0n) is 18.5. The summed E-state index contributed by atoms with van der Waals surface area (Å²) in [5.74, 6) is -1.67. The van der Waals surface area contributed by atoms with Gasteiger partial charge in [-0.25, -0.2) is 13.2 Å². The summed E-state index contributed by atoms with van der Waals surface area (Å²) in [5.41, 5.74) is 3.22. The fourth-order valence-corrected chi connectivity index (χ4v) is 4.54. The van der Waals surface area contributed by atoms with Crippen LogP contribution in [0.2, 0.25) is 0 Å². The Labute approximate surface area is 192 Å². The summed E-state index contributed by atoms with van der Waals surface area (Å²) < 4.78 is 38.2. The number of nitrogens with one attached hydrogen (secondary N) is 1. The van der Waals surface area contributed by atoms with Crippen LogP contribution < -0.4 is 4.72 Å². The second-order valence-corrected chi connectivity index (χ2v) is 9.08. The first-order chi connectivity index (χ1) is 15.7. The van der Waals surface area contributed by atoms with Gasteiger partial charge in [0.15, 0.2) is 0 Å². The molecule has 0 amide bonds. The van der Waals surface area contributed by atoms with Gasteiger partial charge in [0.25, 0.3) is 0 Å². The number of methoxy groups -OCH3 is 2. The summed E-state index contributed by atoms with van der Waals surface area (Å²) in [6.45, 7) is 1.84. The summed E-state index contributed by atoms with van der Waals surface area (Å²) in [6, 6.07) is 15.8. The molecule has 3 rings (SSSR count). The number of aryl methyl sites for hydroxylation is 1. The van der Waals surface area contributed by atoms with E-state index in [1.807, 2.05) is 37.3 Å². The average Bonchev–Trinajstić information content (AvgIpc) is 2.80. The second-order valence-electron chi connectivity index (χ2n) is 7.36. The minimum atomic E-state index is -3.97. The normalized spacial score (nSPS) is 11.0.